The maximum Gasteiger partial charge on any atom is 0.245 e. The molecule has 302 valence electrons. The van der Waals surface area contributed by atoms with E-state index in [9.17, 15) is 27.6 Å². The average molecular weight is 783 g/mol. The molecule has 3 N–H and O–H groups in total. The van der Waals surface area contributed by atoms with Crippen LogP contribution in [0.2, 0.25) is 0 Å². The number of nitrogens with zero attached hydrogens (tertiary/aromatic N) is 4. The number of primary sulfonamides is 1. The van der Waals surface area contributed by atoms with Gasteiger partial charge in [-0.05, 0) is 82.1 Å². The highest BCUT2D eigenvalue weighted by molar-refractivity contribution is 7.99. The van der Waals surface area contributed by atoms with Crippen LogP contribution in [0, 0.1) is 17.8 Å². The van der Waals surface area contributed by atoms with E-state index in [1.807, 2.05) is 78.6 Å². The fraction of sp³-hybridized carbons (Fsp3) is 0.737. The van der Waals surface area contributed by atoms with Gasteiger partial charge in [-0.25, -0.2) is 13.6 Å². The van der Waals surface area contributed by atoms with Gasteiger partial charge in [-0.2, -0.15) is 11.8 Å². The lowest BCUT2D eigenvalue weighted by Gasteiger charge is -2.41. The van der Waals surface area contributed by atoms with Gasteiger partial charge in [0.2, 0.25) is 33.7 Å². The van der Waals surface area contributed by atoms with Crippen LogP contribution in [-0.2, 0) is 33.9 Å². The minimum atomic E-state index is -3.86. The summed E-state index contributed by atoms with van der Waals surface area (Å²) in [6.07, 6.45) is 3.89. The first-order chi connectivity index (χ1) is 24.7. The van der Waals surface area contributed by atoms with Gasteiger partial charge < -0.3 is 24.8 Å². The third-order valence-electron chi connectivity index (χ3n) is 10.6. The van der Waals surface area contributed by atoms with Crippen LogP contribution in [0.3, 0.4) is 0 Å². The topological polar surface area (TPSA) is 163 Å². The van der Waals surface area contributed by atoms with Crippen molar-refractivity contribution in [2.24, 2.45) is 22.9 Å². The molecule has 1 aromatic carbocycles. The van der Waals surface area contributed by atoms with E-state index in [0.717, 1.165) is 19.3 Å². The van der Waals surface area contributed by atoms with Crippen LogP contribution in [0.15, 0.2) is 29.2 Å². The van der Waals surface area contributed by atoms with E-state index in [-0.39, 0.29) is 70.4 Å². The molecule has 7 unspecified atom stereocenters. The number of carbonyl (C=O) groups excluding carboxylic acids is 4. The van der Waals surface area contributed by atoms with Gasteiger partial charge in [-0.1, -0.05) is 48.0 Å². The summed E-state index contributed by atoms with van der Waals surface area (Å²) >= 11 is 1.55. The van der Waals surface area contributed by atoms with E-state index >= 15 is 0 Å². The molecule has 0 bridgehead atoms. The van der Waals surface area contributed by atoms with Crippen molar-refractivity contribution in [1.82, 2.24) is 20.0 Å². The Balaban J connectivity index is 2.29. The van der Waals surface area contributed by atoms with Crippen molar-refractivity contribution < 1.29 is 32.3 Å². The lowest BCUT2D eigenvalue weighted by Crippen LogP contribution is -2.59. The van der Waals surface area contributed by atoms with E-state index < -0.39 is 34.3 Å². The zero-order chi connectivity index (χ0) is 40.4. The lowest BCUT2D eigenvalue weighted by atomic mass is 9.89. The molecule has 0 radical (unpaired) electrons. The SMILES string of the molecule is CCC(C)C(C(CC(=O)N1CCCC1C(CC(=O)N(CC)c1ccc(S(N)(=O)=O)cc1)SC)OC)N(C)C(=O)C(NC(=O)C(C(C)C)N(C)C)C(C)C. The van der Waals surface area contributed by atoms with Crippen molar-refractivity contribution in [1.29, 1.82) is 0 Å². The van der Waals surface area contributed by atoms with E-state index in [1.54, 1.807) is 47.9 Å². The second-order valence-corrected chi connectivity index (χ2v) is 17.8. The summed E-state index contributed by atoms with van der Waals surface area (Å²) in [5, 5.41) is 8.11. The first kappa shape index (κ1) is 46.4. The summed E-state index contributed by atoms with van der Waals surface area (Å²) < 4.78 is 29.5. The molecule has 7 atom stereocenters. The second kappa shape index (κ2) is 20.8. The quantitative estimate of drug-likeness (QED) is 0.200. The first-order valence-electron chi connectivity index (χ1n) is 18.8. The Hall–Kier alpha value is -2.72. The van der Waals surface area contributed by atoms with E-state index in [1.165, 1.54) is 12.1 Å². The lowest BCUT2D eigenvalue weighted by molar-refractivity contribution is -0.146. The monoisotopic (exact) mass is 782 g/mol. The normalized spacial score (nSPS) is 18.4. The van der Waals surface area contributed by atoms with E-state index in [4.69, 9.17) is 9.88 Å². The molecule has 1 fully saturated rings. The number of anilines is 1. The summed E-state index contributed by atoms with van der Waals surface area (Å²) in [5.74, 6) is -0.791. The molecular weight excluding hydrogens is 717 g/mol. The van der Waals surface area contributed by atoms with Crippen LogP contribution in [-0.4, -0.2) is 130 Å². The van der Waals surface area contributed by atoms with Crippen LogP contribution in [0.4, 0.5) is 5.69 Å². The largest absolute Gasteiger partial charge is 0.379 e. The van der Waals surface area contributed by atoms with Crippen LogP contribution in [0.1, 0.15) is 80.6 Å². The van der Waals surface area contributed by atoms with Crippen molar-refractivity contribution in [2.75, 3.05) is 52.5 Å². The molecule has 13 nitrogen and oxygen atoms in total. The Morgan fingerprint density at radius 3 is 2.06 bits per heavy atom. The number of ether oxygens (including phenoxy) is 1. The van der Waals surface area contributed by atoms with Gasteiger partial charge in [0.05, 0.1) is 29.5 Å². The number of benzene rings is 1. The number of nitrogens with one attached hydrogen (secondary N) is 1. The highest BCUT2D eigenvalue weighted by atomic mass is 32.2. The van der Waals surface area contributed by atoms with Gasteiger partial charge >= 0.3 is 0 Å². The highest BCUT2D eigenvalue weighted by Gasteiger charge is 2.41. The number of amides is 4. The van der Waals surface area contributed by atoms with Crippen molar-refractivity contribution in [3.05, 3.63) is 24.3 Å². The Labute approximate surface area is 323 Å². The molecule has 4 amide bonds. The number of methoxy groups -OCH3 is 1. The molecule has 2 rings (SSSR count). The van der Waals surface area contributed by atoms with Gasteiger partial charge in [0, 0.05) is 50.6 Å². The molecule has 53 heavy (non-hydrogen) atoms. The molecule has 1 heterocycles. The molecule has 0 aromatic heterocycles. The fourth-order valence-corrected chi connectivity index (χ4v) is 9.01. The van der Waals surface area contributed by atoms with Crippen LogP contribution in [0.25, 0.3) is 0 Å². The maximum atomic E-state index is 14.2. The Morgan fingerprint density at radius 1 is 1.00 bits per heavy atom. The standard InChI is InChI=1S/C38H66N6O7S2/c1-13-26(7)36(42(10)38(48)34(24(3)4)40-37(47)35(25(5)6)41(8)9)30(51-11)22-32(45)44-21-15-16-29(44)31(52-12)23-33(46)43(14-2)27-17-19-28(20-18-27)53(39,49)50/h17-20,24-26,29-31,34-36H,13-16,21-23H2,1-12H3,(H,40,47)(H2,39,49,50). The smallest absolute Gasteiger partial charge is 0.245 e. The molecular formula is C38H66N6O7S2. The van der Waals surface area contributed by atoms with Crippen molar-refractivity contribution in [2.45, 2.75) is 121 Å². The second-order valence-electron chi connectivity index (χ2n) is 15.1. The number of thioether (sulfide) groups is 1. The van der Waals surface area contributed by atoms with Gasteiger partial charge in [0.25, 0.3) is 0 Å². The fourth-order valence-electron chi connectivity index (χ4n) is 7.59. The molecule has 1 saturated heterocycles. The van der Waals surface area contributed by atoms with Crippen molar-refractivity contribution >= 4 is 51.1 Å². The molecule has 1 aliphatic heterocycles. The zero-order valence-corrected chi connectivity index (χ0v) is 35.6. The third-order valence-corrected chi connectivity index (χ3v) is 12.6. The Kier molecular flexibility index (Phi) is 18.2. The Morgan fingerprint density at radius 2 is 1.60 bits per heavy atom. The molecule has 0 saturated carbocycles. The number of hydrogen-bond acceptors (Lipinski definition) is 9. The minimum absolute atomic E-state index is 0.0135. The van der Waals surface area contributed by atoms with Crippen LogP contribution < -0.4 is 15.4 Å². The third kappa shape index (κ3) is 12.1. The van der Waals surface area contributed by atoms with E-state index in [0.29, 0.717) is 18.8 Å². The van der Waals surface area contributed by atoms with Crippen LogP contribution >= 0.6 is 11.8 Å². The van der Waals surface area contributed by atoms with Crippen molar-refractivity contribution in [3.8, 4) is 0 Å². The van der Waals surface area contributed by atoms with E-state index in [2.05, 4.69) is 5.32 Å². The number of nitrogens with two attached hydrogens (primary N) is 1. The summed E-state index contributed by atoms with van der Waals surface area (Å²) in [6.45, 7) is 14.7. The summed E-state index contributed by atoms with van der Waals surface area (Å²) in [6, 6.07) is 4.16. The number of likely N-dealkylation sites (N-methyl/N-ethyl adjacent to an activating group) is 2. The van der Waals surface area contributed by atoms with Gasteiger partial charge in [0.15, 0.2) is 0 Å². The minimum Gasteiger partial charge on any atom is -0.379 e. The molecule has 15 heteroatoms. The first-order valence-corrected chi connectivity index (χ1v) is 21.6. The summed E-state index contributed by atoms with van der Waals surface area (Å²) in [7, 11) is 3.15. The van der Waals surface area contributed by atoms with Crippen LogP contribution in [0.5, 0.6) is 0 Å². The van der Waals surface area contributed by atoms with Crippen molar-refractivity contribution in [3.63, 3.8) is 0 Å². The maximum absolute atomic E-state index is 14.2. The molecule has 0 aliphatic carbocycles. The zero-order valence-electron chi connectivity index (χ0n) is 34.0. The van der Waals surface area contributed by atoms with Gasteiger partial charge in [-0.3, -0.25) is 24.1 Å². The predicted molar refractivity (Wildman–Crippen MR) is 213 cm³/mol. The van der Waals surface area contributed by atoms with Gasteiger partial charge in [0.1, 0.15) is 6.04 Å². The summed E-state index contributed by atoms with van der Waals surface area (Å²) in [4.78, 5) is 62.4. The number of rotatable bonds is 20. The highest BCUT2D eigenvalue weighted by Crippen LogP contribution is 2.32. The Bertz CT molecular complexity index is 1470. The van der Waals surface area contributed by atoms with Gasteiger partial charge in [-0.15, -0.1) is 0 Å². The molecule has 0 spiro atoms. The number of carbonyl (C=O) groups is 4. The molecule has 1 aliphatic rings. The predicted octanol–water partition coefficient (Wildman–Crippen LogP) is 3.80. The summed E-state index contributed by atoms with van der Waals surface area (Å²) in [5.41, 5.74) is 0.568. The number of sulfonamides is 1. The number of hydrogen-bond donors (Lipinski definition) is 2. The average Bonchev–Trinajstić information content (AvgIpc) is 3.58. The number of likely N-dealkylation sites (tertiary alicyclic amines) is 1. The molecule has 1 aromatic rings.